The lowest BCUT2D eigenvalue weighted by molar-refractivity contribution is 0.443. The van der Waals surface area contributed by atoms with Gasteiger partial charge in [-0.3, -0.25) is 0 Å². The van der Waals surface area contributed by atoms with Crippen molar-refractivity contribution in [1.82, 2.24) is 0 Å². The largest absolute Gasteiger partial charge is 0.397 e. The molecule has 0 bridgehead atoms. The summed E-state index contributed by atoms with van der Waals surface area (Å²) in [7, 11) is 0. The zero-order chi connectivity index (χ0) is 11.6. The van der Waals surface area contributed by atoms with Gasteiger partial charge in [-0.15, -0.1) is 0 Å². The Bertz CT molecular complexity index is 358. The van der Waals surface area contributed by atoms with E-state index in [-0.39, 0.29) is 10.4 Å². The summed E-state index contributed by atoms with van der Waals surface area (Å²) < 4.78 is 13.0. The Labute approximate surface area is 94.6 Å². The highest BCUT2D eigenvalue weighted by Crippen LogP contribution is 2.27. The van der Waals surface area contributed by atoms with Gasteiger partial charge >= 0.3 is 0 Å². The van der Waals surface area contributed by atoms with Crippen molar-refractivity contribution in [1.29, 1.82) is 0 Å². The Morgan fingerprint density at radius 3 is 2.53 bits per heavy atom. The molecule has 0 saturated heterocycles. The standard InChI is InChI=1S/C11H16ClFN2/c1-11(2,3)6-15-10-4-7(12)8(13)5-9(10)14/h4-5,15H,6,14H2,1-3H3. The summed E-state index contributed by atoms with van der Waals surface area (Å²) in [6.07, 6.45) is 0. The first-order valence-electron chi connectivity index (χ1n) is 4.78. The van der Waals surface area contributed by atoms with E-state index < -0.39 is 5.82 Å². The minimum absolute atomic E-state index is 0.0839. The normalized spacial score (nSPS) is 11.5. The van der Waals surface area contributed by atoms with Crippen LogP contribution in [0.25, 0.3) is 0 Å². The van der Waals surface area contributed by atoms with E-state index in [1.54, 1.807) is 0 Å². The Hall–Kier alpha value is -0.960. The number of nitrogen functional groups attached to an aromatic ring is 1. The van der Waals surface area contributed by atoms with E-state index in [9.17, 15) is 4.39 Å². The lowest BCUT2D eigenvalue weighted by atomic mass is 9.97. The first-order valence-corrected chi connectivity index (χ1v) is 5.16. The molecule has 15 heavy (non-hydrogen) atoms. The van der Waals surface area contributed by atoms with Crippen LogP contribution in [0.1, 0.15) is 20.8 Å². The minimum Gasteiger partial charge on any atom is -0.397 e. The van der Waals surface area contributed by atoms with Gasteiger partial charge in [0, 0.05) is 12.6 Å². The second-order valence-electron chi connectivity index (χ2n) is 4.77. The van der Waals surface area contributed by atoms with Crippen LogP contribution >= 0.6 is 11.6 Å². The summed E-state index contributed by atoms with van der Waals surface area (Å²) >= 11 is 5.67. The van der Waals surface area contributed by atoms with Gasteiger partial charge < -0.3 is 11.1 Å². The molecule has 0 aliphatic carbocycles. The van der Waals surface area contributed by atoms with Crippen molar-refractivity contribution in [3.05, 3.63) is 23.0 Å². The predicted octanol–water partition coefficient (Wildman–Crippen LogP) is 3.52. The summed E-state index contributed by atoms with van der Waals surface area (Å²) in [6, 6.07) is 2.74. The molecule has 3 N–H and O–H groups in total. The molecule has 0 spiro atoms. The Kier molecular flexibility index (Phi) is 3.45. The number of hydrogen-bond donors (Lipinski definition) is 2. The van der Waals surface area contributed by atoms with Crippen LogP contribution in [-0.2, 0) is 0 Å². The van der Waals surface area contributed by atoms with Gasteiger partial charge in [-0.05, 0) is 11.5 Å². The number of halogens is 2. The van der Waals surface area contributed by atoms with Crippen molar-refractivity contribution in [3.8, 4) is 0 Å². The smallest absolute Gasteiger partial charge is 0.143 e. The van der Waals surface area contributed by atoms with E-state index in [1.807, 2.05) is 0 Å². The maximum atomic E-state index is 13.0. The van der Waals surface area contributed by atoms with Crippen molar-refractivity contribution in [2.24, 2.45) is 5.41 Å². The average Bonchev–Trinajstić information content (AvgIpc) is 2.07. The zero-order valence-corrected chi connectivity index (χ0v) is 9.95. The molecule has 0 aliphatic heterocycles. The predicted molar refractivity (Wildman–Crippen MR) is 63.8 cm³/mol. The highest BCUT2D eigenvalue weighted by molar-refractivity contribution is 6.31. The highest BCUT2D eigenvalue weighted by atomic mass is 35.5. The van der Waals surface area contributed by atoms with Crippen LogP contribution in [0.2, 0.25) is 5.02 Å². The summed E-state index contributed by atoms with van der Waals surface area (Å²) in [4.78, 5) is 0. The fourth-order valence-corrected chi connectivity index (χ4v) is 1.24. The molecule has 1 rings (SSSR count). The maximum Gasteiger partial charge on any atom is 0.143 e. The third-order valence-electron chi connectivity index (χ3n) is 1.90. The van der Waals surface area contributed by atoms with Gasteiger partial charge in [0.05, 0.1) is 16.4 Å². The van der Waals surface area contributed by atoms with Crippen molar-refractivity contribution in [3.63, 3.8) is 0 Å². The molecule has 0 aliphatic rings. The molecule has 1 aromatic rings. The van der Waals surface area contributed by atoms with Crippen LogP contribution in [0.15, 0.2) is 12.1 Å². The fraction of sp³-hybridized carbons (Fsp3) is 0.455. The third-order valence-corrected chi connectivity index (χ3v) is 2.19. The fourth-order valence-electron chi connectivity index (χ4n) is 1.08. The van der Waals surface area contributed by atoms with E-state index >= 15 is 0 Å². The topological polar surface area (TPSA) is 38.0 Å². The number of nitrogens with one attached hydrogen (secondary N) is 1. The molecule has 0 unspecified atom stereocenters. The van der Waals surface area contributed by atoms with Crippen LogP contribution in [0.5, 0.6) is 0 Å². The molecule has 2 nitrogen and oxygen atoms in total. The number of rotatable bonds is 2. The first kappa shape index (κ1) is 12.1. The van der Waals surface area contributed by atoms with E-state index in [4.69, 9.17) is 17.3 Å². The lowest BCUT2D eigenvalue weighted by Gasteiger charge is -2.20. The molecular weight excluding hydrogens is 215 g/mol. The minimum atomic E-state index is -0.490. The molecule has 0 heterocycles. The Morgan fingerprint density at radius 1 is 1.40 bits per heavy atom. The highest BCUT2D eigenvalue weighted by Gasteiger charge is 2.11. The molecule has 0 fully saturated rings. The Balaban J connectivity index is 2.82. The first-order chi connectivity index (χ1) is 6.79. The summed E-state index contributed by atoms with van der Waals surface area (Å²) in [5, 5.41) is 3.23. The van der Waals surface area contributed by atoms with E-state index in [0.717, 1.165) is 6.54 Å². The van der Waals surface area contributed by atoms with Crippen LogP contribution in [0.3, 0.4) is 0 Å². The molecule has 0 atom stereocenters. The number of nitrogens with two attached hydrogens (primary N) is 1. The van der Waals surface area contributed by atoms with Gasteiger partial charge in [-0.2, -0.15) is 0 Å². The number of benzene rings is 1. The molecule has 1 aromatic carbocycles. The molecule has 0 radical (unpaired) electrons. The summed E-state index contributed by atoms with van der Waals surface area (Å²) in [5.41, 5.74) is 6.84. The maximum absolute atomic E-state index is 13.0. The van der Waals surface area contributed by atoms with Gasteiger partial charge in [0.1, 0.15) is 5.82 Å². The number of anilines is 2. The molecule has 0 saturated carbocycles. The van der Waals surface area contributed by atoms with Crippen molar-refractivity contribution in [2.45, 2.75) is 20.8 Å². The third kappa shape index (κ3) is 3.59. The van der Waals surface area contributed by atoms with Gasteiger partial charge in [-0.1, -0.05) is 32.4 Å². The lowest BCUT2D eigenvalue weighted by Crippen LogP contribution is -2.19. The Morgan fingerprint density at radius 2 is 2.00 bits per heavy atom. The SMILES string of the molecule is CC(C)(C)CNc1cc(Cl)c(F)cc1N. The zero-order valence-electron chi connectivity index (χ0n) is 9.20. The van der Waals surface area contributed by atoms with Crippen LogP contribution in [0, 0.1) is 11.2 Å². The van der Waals surface area contributed by atoms with Crippen molar-refractivity contribution < 1.29 is 4.39 Å². The van der Waals surface area contributed by atoms with E-state index in [1.165, 1.54) is 12.1 Å². The summed E-state index contributed by atoms with van der Waals surface area (Å²) in [6.45, 7) is 7.04. The van der Waals surface area contributed by atoms with Gasteiger partial charge in [0.2, 0.25) is 0 Å². The molecule has 84 valence electrons. The molecule has 4 heteroatoms. The van der Waals surface area contributed by atoms with Crippen LogP contribution in [0.4, 0.5) is 15.8 Å². The monoisotopic (exact) mass is 230 g/mol. The second kappa shape index (κ2) is 4.27. The molecule has 0 amide bonds. The van der Waals surface area contributed by atoms with E-state index in [2.05, 4.69) is 26.1 Å². The van der Waals surface area contributed by atoms with E-state index in [0.29, 0.717) is 11.4 Å². The van der Waals surface area contributed by atoms with Crippen molar-refractivity contribution in [2.75, 3.05) is 17.6 Å². The van der Waals surface area contributed by atoms with Gasteiger partial charge in [0.25, 0.3) is 0 Å². The van der Waals surface area contributed by atoms with Crippen LogP contribution in [-0.4, -0.2) is 6.54 Å². The molecule has 0 aromatic heterocycles. The number of hydrogen-bond acceptors (Lipinski definition) is 2. The second-order valence-corrected chi connectivity index (χ2v) is 5.17. The van der Waals surface area contributed by atoms with Crippen molar-refractivity contribution >= 4 is 23.0 Å². The average molecular weight is 231 g/mol. The summed E-state index contributed by atoms with van der Waals surface area (Å²) in [5.74, 6) is -0.490. The van der Waals surface area contributed by atoms with Crippen LogP contribution < -0.4 is 11.1 Å². The van der Waals surface area contributed by atoms with Gasteiger partial charge in [0.15, 0.2) is 0 Å². The van der Waals surface area contributed by atoms with Gasteiger partial charge in [-0.25, -0.2) is 4.39 Å². The quantitative estimate of drug-likeness (QED) is 0.763. The molecular formula is C11H16ClFN2.